The van der Waals surface area contributed by atoms with Crippen LogP contribution in [0.5, 0.6) is 0 Å². The van der Waals surface area contributed by atoms with E-state index in [1.54, 1.807) is 4.68 Å². The molecule has 0 saturated carbocycles. The molecule has 0 aliphatic rings. The van der Waals surface area contributed by atoms with Crippen LogP contribution in [0, 0.1) is 20.8 Å². The Morgan fingerprint density at radius 3 is 2.26 bits per heavy atom. The van der Waals surface area contributed by atoms with Crippen LogP contribution in [0.4, 0.5) is 0 Å². The van der Waals surface area contributed by atoms with Crippen LogP contribution in [-0.4, -0.2) is 26.6 Å². The Balaban J connectivity index is 2.36. The lowest BCUT2D eigenvalue weighted by atomic mass is 10.2. The molecule has 0 amide bonds. The van der Waals surface area contributed by atoms with Crippen molar-refractivity contribution >= 4 is 11.6 Å². The van der Waals surface area contributed by atoms with Crippen molar-refractivity contribution in [1.29, 1.82) is 0 Å². The largest absolute Gasteiger partial charge is 0.316 e. The zero-order valence-corrected chi connectivity index (χ0v) is 12.8. The number of nitrogens with zero attached hydrogens (tertiary/aromatic N) is 4. The average molecular weight is 282 g/mol. The summed E-state index contributed by atoms with van der Waals surface area (Å²) in [4.78, 5) is 0. The lowest BCUT2D eigenvalue weighted by molar-refractivity contribution is 0.654. The first-order valence-electron chi connectivity index (χ1n) is 6.31. The summed E-state index contributed by atoms with van der Waals surface area (Å²) in [7, 11) is 3.80. The second-order valence-electron chi connectivity index (χ2n) is 4.82. The van der Waals surface area contributed by atoms with Crippen LogP contribution in [0.2, 0.25) is 5.15 Å². The van der Waals surface area contributed by atoms with Crippen LogP contribution in [0.15, 0.2) is 0 Å². The summed E-state index contributed by atoms with van der Waals surface area (Å²) in [5, 5.41) is 12.8. The van der Waals surface area contributed by atoms with E-state index in [-0.39, 0.29) is 0 Å². The van der Waals surface area contributed by atoms with E-state index in [2.05, 4.69) is 22.4 Å². The first-order valence-corrected chi connectivity index (χ1v) is 6.69. The highest BCUT2D eigenvalue weighted by Gasteiger charge is 2.16. The minimum Gasteiger partial charge on any atom is -0.316 e. The Labute approximate surface area is 118 Å². The quantitative estimate of drug-likeness (QED) is 0.932. The summed E-state index contributed by atoms with van der Waals surface area (Å²) in [5.41, 5.74) is 5.47. The zero-order chi connectivity index (χ0) is 14.2. The van der Waals surface area contributed by atoms with Gasteiger partial charge >= 0.3 is 0 Å². The first-order chi connectivity index (χ1) is 8.95. The van der Waals surface area contributed by atoms with Gasteiger partial charge < -0.3 is 5.32 Å². The minimum absolute atomic E-state index is 0.662. The molecule has 19 heavy (non-hydrogen) atoms. The van der Waals surface area contributed by atoms with Crippen molar-refractivity contribution in [3.05, 3.63) is 33.4 Å². The summed E-state index contributed by atoms with van der Waals surface area (Å²) < 4.78 is 3.70. The van der Waals surface area contributed by atoms with Crippen molar-refractivity contribution in [3.8, 4) is 0 Å². The normalized spacial score (nSPS) is 11.3. The number of hydrogen-bond acceptors (Lipinski definition) is 3. The monoisotopic (exact) mass is 281 g/mol. The molecule has 0 aliphatic heterocycles. The van der Waals surface area contributed by atoms with Gasteiger partial charge in [0.15, 0.2) is 0 Å². The van der Waals surface area contributed by atoms with E-state index < -0.39 is 0 Å². The molecular formula is C13H20ClN5. The molecule has 2 rings (SSSR count). The number of halogens is 1. The molecule has 2 aromatic rings. The predicted octanol–water partition coefficient (Wildman–Crippen LogP) is 1.96. The molecule has 0 saturated heterocycles. The van der Waals surface area contributed by atoms with Crippen LogP contribution in [0.1, 0.15) is 28.2 Å². The van der Waals surface area contributed by atoms with Crippen LogP contribution in [0.3, 0.4) is 0 Å². The van der Waals surface area contributed by atoms with Gasteiger partial charge in [-0.15, -0.1) is 0 Å². The van der Waals surface area contributed by atoms with Gasteiger partial charge in [-0.3, -0.25) is 9.36 Å². The van der Waals surface area contributed by atoms with Crippen molar-refractivity contribution in [2.45, 2.75) is 33.9 Å². The summed E-state index contributed by atoms with van der Waals surface area (Å²) in [5.74, 6) is 0. The highest BCUT2D eigenvalue weighted by Crippen LogP contribution is 2.21. The van der Waals surface area contributed by atoms with E-state index >= 15 is 0 Å². The predicted molar refractivity (Wildman–Crippen MR) is 76.5 cm³/mol. The van der Waals surface area contributed by atoms with Crippen LogP contribution >= 0.6 is 11.6 Å². The van der Waals surface area contributed by atoms with E-state index in [1.807, 2.05) is 32.6 Å². The molecule has 104 valence electrons. The van der Waals surface area contributed by atoms with Gasteiger partial charge in [-0.1, -0.05) is 11.6 Å². The third kappa shape index (κ3) is 2.53. The Bertz CT molecular complexity index is 597. The molecule has 1 N–H and O–H groups in total. The molecule has 0 bridgehead atoms. The number of rotatable bonds is 4. The fourth-order valence-corrected chi connectivity index (χ4v) is 2.56. The molecule has 0 unspecified atom stereocenters. The van der Waals surface area contributed by atoms with E-state index in [0.29, 0.717) is 11.7 Å². The number of nitrogens with one attached hydrogen (secondary N) is 1. The number of hydrogen-bond donors (Lipinski definition) is 1. The highest BCUT2D eigenvalue weighted by atomic mass is 35.5. The molecule has 2 heterocycles. The van der Waals surface area contributed by atoms with Crippen LogP contribution < -0.4 is 5.32 Å². The Morgan fingerprint density at radius 1 is 1.11 bits per heavy atom. The minimum atomic E-state index is 0.662. The molecule has 0 radical (unpaired) electrons. The molecule has 6 heteroatoms. The highest BCUT2D eigenvalue weighted by molar-refractivity contribution is 6.30. The second kappa shape index (κ2) is 5.35. The lowest BCUT2D eigenvalue weighted by Crippen LogP contribution is -2.08. The standard InChI is InChI=1S/C13H20ClN5/c1-8-11(6-15-4)10(3)19(17-8)7-12-9(2)16-18(5)13(12)14/h15H,6-7H2,1-5H3. The van der Waals surface area contributed by atoms with Crippen LogP contribution in [0.25, 0.3) is 0 Å². The molecule has 0 aliphatic carbocycles. The van der Waals surface area contributed by atoms with Gasteiger partial charge in [-0.05, 0) is 27.8 Å². The number of aromatic nitrogens is 4. The zero-order valence-electron chi connectivity index (χ0n) is 12.1. The molecule has 0 spiro atoms. The SMILES string of the molecule is CNCc1c(C)nn(Cc2c(C)nn(C)c2Cl)c1C. The molecule has 0 atom stereocenters. The van der Waals surface area contributed by atoms with E-state index in [1.165, 1.54) is 11.3 Å². The molecule has 5 nitrogen and oxygen atoms in total. The fraction of sp³-hybridized carbons (Fsp3) is 0.538. The Kier molecular flexibility index (Phi) is 3.96. The second-order valence-corrected chi connectivity index (χ2v) is 5.17. The summed E-state index contributed by atoms with van der Waals surface area (Å²) >= 11 is 6.27. The molecule has 0 fully saturated rings. The van der Waals surface area contributed by atoms with Crippen molar-refractivity contribution in [2.75, 3.05) is 7.05 Å². The molecular weight excluding hydrogens is 262 g/mol. The van der Waals surface area contributed by atoms with Crippen molar-refractivity contribution in [2.24, 2.45) is 7.05 Å². The average Bonchev–Trinajstić information content (AvgIpc) is 2.75. The van der Waals surface area contributed by atoms with E-state index in [9.17, 15) is 0 Å². The van der Waals surface area contributed by atoms with Crippen molar-refractivity contribution in [3.63, 3.8) is 0 Å². The smallest absolute Gasteiger partial charge is 0.132 e. The van der Waals surface area contributed by atoms with Gasteiger partial charge in [0.2, 0.25) is 0 Å². The van der Waals surface area contributed by atoms with Gasteiger partial charge in [0.1, 0.15) is 5.15 Å². The summed E-state index contributed by atoms with van der Waals surface area (Å²) in [6, 6.07) is 0. The van der Waals surface area contributed by atoms with Gasteiger partial charge in [-0.25, -0.2) is 0 Å². The van der Waals surface area contributed by atoms with Gasteiger partial charge in [0.25, 0.3) is 0 Å². The van der Waals surface area contributed by atoms with Gasteiger partial charge in [0.05, 0.1) is 17.9 Å². The molecule has 0 aromatic carbocycles. The Hall–Kier alpha value is -1.33. The topological polar surface area (TPSA) is 47.7 Å². The fourth-order valence-electron chi connectivity index (χ4n) is 2.32. The van der Waals surface area contributed by atoms with Gasteiger partial charge in [-0.2, -0.15) is 10.2 Å². The maximum absolute atomic E-state index is 6.27. The van der Waals surface area contributed by atoms with E-state index in [4.69, 9.17) is 11.6 Å². The van der Waals surface area contributed by atoms with Crippen molar-refractivity contribution in [1.82, 2.24) is 24.9 Å². The maximum Gasteiger partial charge on any atom is 0.132 e. The van der Waals surface area contributed by atoms with Crippen molar-refractivity contribution < 1.29 is 0 Å². The third-order valence-electron chi connectivity index (χ3n) is 3.46. The first kappa shape index (κ1) is 14.1. The molecule has 2 aromatic heterocycles. The number of aryl methyl sites for hydroxylation is 3. The van der Waals surface area contributed by atoms with Gasteiger partial charge in [0, 0.05) is 30.4 Å². The maximum atomic E-state index is 6.27. The van der Waals surface area contributed by atoms with Crippen LogP contribution in [-0.2, 0) is 20.1 Å². The lowest BCUT2D eigenvalue weighted by Gasteiger charge is -2.05. The summed E-state index contributed by atoms with van der Waals surface area (Å²) in [6.45, 7) is 7.59. The Morgan fingerprint density at radius 2 is 1.74 bits per heavy atom. The van der Waals surface area contributed by atoms with E-state index in [0.717, 1.165) is 23.5 Å². The summed E-state index contributed by atoms with van der Waals surface area (Å²) in [6.07, 6.45) is 0. The third-order valence-corrected chi connectivity index (χ3v) is 3.94.